The number of benzene rings is 1. The van der Waals surface area contributed by atoms with Crippen molar-refractivity contribution in [3.8, 4) is 0 Å². The average Bonchev–Trinajstić information content (AvgIpc) is 3.34. The van der Waals surface area contributed by atoms with Gasteiger partial charge in [0.1, 0.15) is 5.25 Å². The fourth-order valence-electron chi connectivity index (χ4n) is 4.16. The Morgan fingerprint density at radius 1 is 1.31 bits per heavy atom. The second kappa shape index (κ2) is 6.55. The molecule has 0 aromatic heterocycles. The van der Waals surface area contributed by atoms with Crippen molar-refractivity contribution in [1.82, 2.24) is 5.32 Å². The van der Waals surface area contributed by atoms with Gasteiger partial charge < -0.3 is 15.2 Å². The molecule has 0 saturated heterocycles. The summed E-state index contributed by atoms with van der Waals surface area (Å²) in [6.07, 6.45) is 6.61. The third-order valence-corrected chi connectivity index (χ3v) is 6.67. The van der Waals surface area contributed by atoms with Crippen LogP contribution in [0.3, 0.4) is 0 Å². The van der Waals surface area contributed by atoms with Crippen LogP contribution in [0.5, 0.6) is 0 Å². The van der Waals surface area contributed by atoms with Crippen molar-refractivity contribution in [2.75, 3.05) is 7.11 Å². The molecule has 7 heteroatoms. The largest absolute Gasteiger partial charge is 0.479 e. The Kier molecular flexibility index (Phi) is 4.36. The molecule has 2 aliphatic carbocycles. The maximum atomic E-state index is 12.6. The number of allylic oxidation sites excluding steroid dienone is 1. The first kappa shape index (κ1) is 17.3. The second-order valence-electron chi connectivity index (χ2n) is 6.90. The van der Waals surface area contributed by atoms with Gasteiger partial charge in [-0.2, -0.15) is 4.99 Å². The zero-order chi connectivity index (χ0) is 18.3. The number of methoxy groups -OCH3 is 1. The number of carbonyl (C=O) groups excluding carboxylic acids is 1. The van der Waals surface area contributed by atoms with Gasteiger partial charge in [-0.1, -0.05) is 54.2 Å². The molecule has 1 amide bonds. The Morgan fingerprint density at radius 3 is 2.65 bits per heavy atom. The maximum Gasteiger partial charge on any atom is 0.342 e. The summed E-state index contributed by atoms with van der Waals surface area (Å²) in [5.74, 6) is -0.628. The van der Waals surface area contributed by atoms with E-state index in [-0.39, 0.29) is 6.04 Å². The van der Waals surface area contributed by atoms with E-state index in [0.29, 0.717) is 22.6 Å². The van der Waals surface area contributed by atoms with Crippen LogP contribution in [0, 0.1) is 11.8 Å². The number of nitrogens with zero attached hydrogens (tertiary/aromatic N) is 1. The summed E-state index contributed by atoms with van der Waals surface area (Å²) in [6.45, 7) is 0. The number of fused-ring (bicyclic) bond motifs is 2. The molecule has 1 aliphatic heterocycles. The Labute approximate surface area is 155 Å². The predicted molar refractivity (Wildman–Crippen MR) is 98.9 cm³/mol. The number of hydrogen-bond donors (Lipinski definition) is 2. The highest BCUT2D eigenvalue weighted by Crippen LogP contribution is 2.43. The SMILES string of the molecule is COC(C(=O)O)(c1ccccc1)C1SC(NC2CC3C=CC2C3)=NC1=O. The molecule has 1 fully saturated rings. The van der Waals surface area contributed by atoms with Gasteiger partial charge in [0.2, 0.25) is 5.60 Å². The van der Waals surface area contributed by atoms with Crippen molar-refractivity contribution in [2.24, 2.45) is 16.8 Å². The molecule has 136 valence electrons. The monoisotopic (exact) mass is 372 g/mol. The van der Waals surface area contributed by atoms with Crippen LogP contribution in [0.4, 0.5) is 0 Å². The molecule has 1 aromatic rings. The molecule has 5 unspecified atom stereocenters. The van der Waals surface area contributed by atoms with Crippen LogP contribution in [-0.4, -0.2) is 40.6 Å². The lowest BCUT2D eigenvalue weighted by molar-refractivity contribution is -0.165. The van der Waals surface area contributed by atoms with Crippen LogP contribution < -0.4 is 5.32 Å². The molecule has 26 heavy (non-hydrogen) atoms. The van der Waals surface area contributed by atoms with Gasteiger partial charge in [-0.25, -0.2) is 4.79 Å². The zero-order valence-electron chi connectivity index (χ0n) is 14.3. The van der Waals surface area contributed by atoms with E-state index in [1.165, 1.54) is 7.11 Å². The first-order valence-corrected chi connectivity index (χ1v) is 9.50. The zero-order valence-corrected chi connectivity index (χ0v) is 15.1. The quantitative estimate of drug-likeness (QED) is 0.770. The van der Waals surface area contributed by atoms with Gasteiger partial charge in [-0.3, -0.25) is 4.79 Å². The van der Waals surface area contributed by atoms with E-state index >= 15 is 0 Å². The Balaban J connectivity index is 1.58. The number of amidine groups is 1. The minimum atomic E-state index is -1.77. The van der Waals surface area contributed by atoms with Crippen molar-refractivity contribution in [3.63, 3.8) is 0 Å². The van der Waals surface area contributed by atoms with E-state index in [0.717, 1.165) is 24.6 Å². The lowest BCUT2D eigenvalue weighted by Crippen LogP contribution is -2.49. The number of carboxylic acids is 1. The molecule has 2 bridgehead atoms. The van der Waals surface area contributed by atoms with Gasteiger partial charge >= 0.3 is 5.97 Å². The van der Waals surface area contributed by atoms with Crippen molar-refractivity contribution in [3.05, 3.63) is 48.0 Å². The Bertz CT molecular complexity index is 794. The molecule has 6 nitrogen and oxygen atoms in total. The summed E-state index contributed by atoms with van der Waals surface area (Å²) in [5, 5.41) is 12.8. The van der Waals surface area contributed by atoms with E-state index in [1.807, 2.05) is 0 Å². The lowest BCUT2D eigenvalue weighted by Gasteiger charge is -2.32. The smallest absolute Gasteiger partial charge is 0.342 e. The van der Waals surface area contributed by atoms with Gasteiger partial charge in [-0.05, 0) is 30.2 Å². The number of carbonyl (C=O) groups is 2. The first-order chi connectivity index (χ1) is 12.5. The molecule has 1 aromatic carbocycles. The molecule has 0 radical (unpaired) electrons. The molecule has 3 aliphatic rings. The van der Waals surface area contributed by atoms with Crippen LogP contribution in [0.25, 0.3) is 0 Å². The molecular formula is C19H20N2O4S. The summed E-state index contributed by atoms with van der Waals surface area (Å²) in [5.41, 5.74) is -1.34. The van der Waals surface area contributed by atoms with Crippen LogP contribution >= 0.6 is 11.8 Å². The third kappa shape index (κ3) is 2.66. The minimum Gasteiger partial charge on any atom is -0.479 e. The van der Waals surface area contributed by atoms with Crippen LogP contribution in [0.2, 0.25) is 0 Å². The number of amides is 1. The summed E-state index contributed by atoms with van der Waals surface area (Å²) >= 11 is 1.15. The van der Waals surface area contributed by atoms with Gasteiger partial charge in [0, 0.05) is 13.2 Å². The average molecular weight is 372 g/mol. The standard InChI is InChI=1S/C19H20N2O4S/c1-25-19(17(23)24,13-5-3-2-4-6-13)15-16(22)21-18(26-15)20-14-10-11-7-8-12(14)9-11/h2-8,11-12,14-15H,9-10H2,1H3,(H,23,24)(H,20,21,22). The highest BCUT2D eigenvalue weighted by molar-refractivity contribution is 8.15. The maximum absolute atomic E-state index is 12.6. The van der Waals surface area contributed by atoms with Crippen molar-refractivity contribution in [1.29, 1.82) is 0 Å². The molecule has 5 atom stereocenters. The lowest BCUT2D eigenvalue weighted by atomic mass is 9.89. The van der Waals surface area contributed by atoms with E-state index in [1.54, 1.807) is 30.3 Å². The molecular weight excluding hydrogens is 352 g/mol. The number of hydrogen-bond acceptors (Lipinski definition) is 5. The first-order valence-electron chi connectivity index (χ1n) is 8.62. The third-order valence-electron chi connectivity index (χ3n) is 5.46. The predicted octanol–water partition coefficient (Wildman–Crippen LogP) is 2.17. The Hall–Kier alpha value is -2.12. The summed E-state index contributed by atoms with van der Waals surface area (Å²) in [6, 6.07) is 8.84. The van der Waals surface area contributed by atoms with E-state index in [2.05, 4.69) is 22.5 Å². The number of nitrogens with one attached hydrogen (secondary N) is 1. The summed E-state index contributed by atoms with van der Waals surface area (Å²) in [4.78, 5) is 28.9. The summed E-state index contributed by atoms with van der Waals surface area (Å²) < 4.78 is 5.45. The number of ether oxygens (including phenoxy) is 1. The van der Waals surface area contributed by atoms with E-state index in [4.69, 9.17) is 4.74 Å². The number of thioether (sulfide) groups is 1. The fourth-order valence-corrected chi connectivity index (χ4v) is 5.40. The van der Waals surface area contributed by atoms with Crippen LogP contribution in [0.15, 0.2) is 47.5 Å². The fraction of sp³-hybridized carbons (Fsp3) is 0.421. The Morgan fingerprint density at radius 2 is 2.08 bits per heavy atom. The second-order valence-corrected chi connectivity index (χ2v) is 7.99. The number of carboxylic acid groups (broad SMARTS) is 1. The van der Waals surface area contributed by atoms with Gasteiger partial charge in [0.25, 0.3) is 5.91 Å². The van der Waals surface area contributed by atoms with Crippen molar-refractivity contribution in [2.45, 2.75) is 29.7 Å². The van der Waals surface area contributed by atoms with Crippen molar-refractivity contribution < 1.29 is 19.4 Å². The molecule has 1 heterocycles. The topological polar surface area (TPSA) is 88.0 Å². The highest BCUT2D eigenvalue weighted by atomic mass is 32.2. The van der Waals surface area contributed by atoms with Crippen LogP contribution in [0.1, 0.15) is 18.4 Å². The van der Waals surface area contributed by atoms with Gasteiger partial charge in [-0.15, -0.1) is 0 Å². The normalized spacial score (nSPS) is 31.7. The number of rotatable bonds is 5. The number of aliphatic imine (C=N–C) groups is 1. The van der Waals surface area contributed by atoms with Crippen molar-refractivity contribution >= 4 is 28.8 Å². The molecule has 2 N–H and O–H groups in total. The summed E-state index contributed by atoms with van der Waals surface area (Å²) in [7, 11) is 1.32. The number of aliphatic carboxylic acids is 1. The van der Waals surface area contributed by atoms with Gasteiger partial charge in [0.05, 0.1) is 0 Å². The highest BCUT2D eigenvalue weighted by Gasteiger charge is 2.55. The van der Waals surface area contributed by atoms with E-state index in [9.17, 15) is 14.7 Å². The molecule has 0 spiro atoms. The van der Waals surface area contributed by atoms with Gasteiger partial charge in [0.15, 0.2) is 5.17 Å². The molecule has 1 saturated carbocycles. The molecule has 4 rings (SSSR count). The van der Waals surface area contributed by atoms with E-state index < -0.39 is 22.7 Å². The minimum absolute atomic E-state index is 0.251. The van der Waals surface area contributed by atoms with Crippen LogP contribution in [-0.2, 0) is 19.9 Å².